The van der Waals surface area contributed by atoms with Gasteiger partial charge in [-0.15, -0.1) is 0 Å². The molecule has 0 amide bonds. The van der Waals surface area contributed by atoms with E-state index in [0.29, 0.717) is 41.6 Å². The number of hydrogen-bond donors (Lipinski definition) is 1. The van der Waals surface area contributed by atoms with E-state index in [-0.39, 0.29) is 38.6 Å². The van der Waals surface area contributed by atoms with Gasteiger partial charge in [0.1, 0.15) is 34.7 Å². The normalized spacial score (nSPS) is 18.1. The molecule has 2 heterocycles. The molecule has 0 saturated heterocycles. The van der Waals surface area contributed by atoms with Crippen molar-refractivity contribution in [3.05, 3.63) is 82.6 Å². The molecule has 0 spiro atoms. The summed E-state index contributed by atoms with van der Waals surface area (Å²) in [5.41, 5.74) is 1.65. The molecule has 1 N–H and O–H groups in total. The number of carbonyl (C=O) groups is 1. The monoisotopic (exact) mass is 806 g/mol. The first kappa shape index (κ1) is 42.9. The van der Waals surface area contributed by atoms with Gasteiger partial charge in [0.2, 0.25) is 5.36 Å². The summed E-state index contributed by atoms with van der Waals surface area (Å²) in [5.74, 6) is -0.918. The number of anilines is 1. The Morgan fingerprint density at radius 3 is 2.20 bits per heavy atom. The smallest absolute Gasteiger partial charge is 0.303 e. The molecule has 0 fully saturated rings. The Bertz CT molecular complexity index is 2320. The minimum Gasteiger partial charge on any atom is -0.748 e. The molecule has 2 aliphatic heterocycles. The van der Waals surface area contributed by atoms with E-state index in [1.165, 1.54) is 18.2 Å². The number of allylic oxidation sites excluding steroid dienone is 3. The molecular weight excluding hydrogens is 761 g/mol. The first-order valence-electron chi connectivity index (χ1n) is 17.4. The second-order valence-electron chi connectivity index (χ2n) is 14.6. The molecule has 3 aliphatic rings. The largest absolute Gasteiger partial charge is 0.748 e. The van der Waals surface area contributed by atoms with Gasteiger partial charge >= 0.3 is 5.97 Å². The van der Waals surface area contributed by atoms with Crippen molar-refractivity contribution in [2.45, 2.75) is 82.4 Å². The predicted molar refractivity (Wildman–Crippen MR) is 201 cm³/mol. The van der Waals surface area contributed by atoms with Crippen molar-refractivity contribution < 1.29 is 53.2 Å². The highest BCUT2D eigenvalue weighted by atomic mass is 32.2. The van der Waals surface area contributed by atoms with Gasteiger partial charge in [0.05, 0.1) is 31.2 Å². The molecular formula is C37H46N2O12S3-2. The molecule has 14 nitrogen and oxygen atoms in total. The van der Waals surface area contributed by atoms with Gasteiger partial charge in [0.15, 0.2) is 0 Å². The number of hydrogen-bond acceptors (Lipinski definition) is 12. The molecule has 4 rings (SSSR count). The third-order valence-electron chi connectivity index (χ3n) is 9.46. The van der Waals surface area contributed by atoms with E-state index in [4.69, 9.17) is 4.42 Å². The zero-order chi connectivity index (χ0) is 40.3. The quantitative estimate of drug-likeness (QED) is 0.158. The summed E-state index contributed by atoms with van der Waals surface area (Å²) in [7, 11) is -13.7. The molecule has 1 aromatic rings. The average molecular weight is 807 g/mol. The van der Waals surface area contributed by atoms with E-state index in [2.05, 4.69) is 0 Å². The molecule has 17 heteroatoms. The van der Waals surface area contributed by atoms with Crippen molar-refractivity contribution in [1.29, 1.82) is 0 Å². The van der Waals surface area contributed by atoms with Crippen LogP contribution in [0, 0.1) is 0 Å². The number of aliphatic carboxylic acids is 1. The van der Waals surface area contributed by atoms with Crippen LogP contribution in [0.3, 0.4) is 0 Å². The van der Waals surface area contributed by atoms with Gasteiger partial charge in [-0.1, -0.05) is 32.9 Å². The number of carboxylic acids is 1. The maximum atomic E-state index is 12.1. The van der Waals surface area contributed by atoms with E-state index in [1.807, 2.05) is 62.6 Å². The van der Waals surface area contributed by atoms with Crippen molar-refractivity contribution in [3.63, 3.8) is 0 Å². The predicted octanol–water partition coefficient (Wildman–Crippen LogP) is 4.18. The summed E-state index contributed by atoms with van der Waals surface area (Å²) in [4.78, 5) is 12.8. The fourth-order valence-electron chi connectivity index (χ4n) is 6.73. The van der Waals surface area contributed by atoms with E-state index < -0.39 is 63.6 Å². The standard InChI is InChI=1S/C37H48N2O12S3/c1-6-38(19-9-21-52(42,43)44)27-14-16-29-26(23-34(36(2,3)4)51-32(29)24-27)11-7-12-33-37(5,18-8-13-35(40)41)30-25-28(54(48,49)50)15-17-31(30)39(33)20-10-22-53(45,46)47/h7,11-12,14-17,23-25H,6,8-10,13,18-22H2,1-5H3,(H3-,40,41,42,43,44,45,46,47,48,49,50)/p-2. The van der Waals surface area contributed by atoms with Crippen molar-refractivity contribution in [2.24, 2.45) is 0 Å². The minimum absolute atomic E-state index is 0.0529. The van der Waals surface area contributed by atoms with Gasteiger partial charge in [-0.25, -0.2) is 29.8 Å². The molecule has 0 saturated carbocycles. The second kappa shape index (κ2) is 16.5. The van der Waals surface area contributed by atoms with Crippen LogP contribution >= 0.6 is 0 Å². The van der Waals surface area contributed by atoms with Crippen molar-refractivity contribution in [2.75, 3.05) is 36.0 Å². The van der Waals surface area contributed by atoms with Gasteiger partial charge in [-0.05, 0) is 80.6 Å². The molecule has 0 aromatic heterocycles. The van der Waals surface area contributed by atoms with Gasteiger partial charge in [-0.3, -0.25) is 4.79 Å². The first-order chi connectivity index (χ1) is 24.9. The van der Waals surface area contributed by atoms with Crippen LogP contribution in [0.4, 0.5) is 5.69 Å². The lowest BCUT2D eigenvalue weighted by atomic mass is 9.77. The Kier molecular flexibility index (Phi) is 13.1. The first-order valence-corrected chi connectivity index (χ1v) is 22.0. The Labute approximate surface area is 317 Å². The summed E-state index contributed by atoms with van der Waals surface area (Å²) >= 11 is 0. The lowest BCUT2D eigenvalue weighted by Crippen LogP contribution is -2.31. The lowest BCUT2D eigenvalue weighted by molar-refractivity contribution is -0.137. The summed E-state index contributed by atoms with van der Waals surface area (Å²) in [5, 5.41) is 10.2. The molecule has 0 bridgehead atoms. The van der Waals surface area contributed by atoms with Crippen LogP contribution in [-0.2, 0) is 46.0 Å². The third kappa shape index (κ3) is 10.9. The van der Waals surface area contributed by atoms with Crippen LogP contribution in [-0.4, -0.2) is 81.1 Å². The van der Waals surface area contributed by atoms with E-state index in [1.54, 1.807) is 24.0 Å². The number of carboxylic acid groups (broad SMARTS) is 1. The Morgan fingerprint density at radius 1 is 0.944 bits per heavy atom. The van der Waals surface area contributed by atoms with Gasteiger partial charge in [0, 0.05) is 64.7 Å². The molecule has 1 aromatic carbocycles. The van der Waals surface area contributed by atoms with Crippen molar-refractivity contribution >= 4 is 48.1 Å². The zero-order valence-electron chi connectivity index (χ0n) is 30.9. The van der Waals surface area contributed by atoms with Gasteiger partial charge in [-0.2, -0.15) is 0 Å². The van der Waals surface area contributed by atoms with Crippen LogP contribution in [0.5, 0.6) is 0 Å². The lowest BCUT2D eigenvalue weighted by Gasteiger charge is -2.30. The highest BCUT2D eigenvalue weighted by molar-refractivity contribution is 7.86. The highest BCUT2D eigenvalue weighted by Crippen LogP contribution is 2.51. The molecule has 1 aliphatic carbocycles. The molecule has 0 radical (unpaired) electrons. The van der Waals surface area contributed by atoms with Gasteiger partial charge < -0.3 is 28.1 Å². The second-order valence-corrected chi connectivity index (χ2v) is 19.0. The summed E-state index contributed by atoms with van der Waals surface area (Å²) in [6.45, 7) is 10.7. The van der Waals surface area contributed by atoms with Crippen LogP contribution in [0.2, 0.25) is 0 Å². The highest BCUT2D eigenvalue weighted by Gasteiger charge is 2.43. The Morgan fingerprint density at radius 2 is 1.61 bits per heavy atom. The number of fused-ring (bicyclic) bond motifs is 2. The molecule has 296 valence electrons. The van der Waals surface area contributed by atoms with Crippen LogP contribution in [0.1, 0.15) is 83.6 Å². The van der Waals surface area contributed by atoms with Gasteiger partial charge in [0.25, 0.3) is 0 Å². The van der Waals surface area contributed by atoms with E-state index in [9.17, 15) is 48.8 Å². The van der Waals surface area contributed by atoms with Crippen molar-refractivity contribution in [3.8, 4) is 11.3 Å². The molecule has 1 atom stereocenters. The Hall–Kier alpha value is -3.87. The van der Waals surface area contributed by atoms with E-state index in [0.717, 1.165) is 16.5 Å². The maximum absolute atomic E-state index is 12.1. The fourth-order valence-corrected chi connectivity index (χ4v) is 8.20. The zero-order valence-corrected chi connectivity index (χ0v) is 33.4. The SMILES string of the molecule is CC[N+](CCCS(=O)(=O)[O-])=c1ccc2c(C=CC=C3N(CCCS(=O)(=O)[O-])c4ccc(S(=O)(=O)[O-])cc4C3(C)CCCC(=O)O)cc(C(C)(C)C)oc-2c1. The fraction of sp³-hybridized carbons (Fsp3) is 0.459. The van der Waals surface area contributed by atoms with E-state index >= 15 is 0 Å². The minimum atomic E-state index is -4.86. The number of benzene rings is 2. The van der Waals surface area contributed by atoms with Crippen LogP contribution in [0.15, 0.2) is 69.6 Å². The van der Waals surface area contributed by atoms with Crippen LogP contribution < -0.4 is 14.8 Å². The summed E-state index contributed by atoms with van der Waals surface area (Å²) < 4.78 is 113. The number of rotatable bonds is 16. The molecule has 1 unspecified atom stereocenters. The van der Waals surface area contributed by atoms with Crippen molar-refractivity contribution in [1.82, 2.24) is 4.58 Å². The Balaban J connectivity index is 1.88. The summed E-state index contributed by atoms with van der Waals surface area (Å²) in [6.07, 6.45) is 5.78. The molecule has 54 heavy (non-hydrogen) atoms. The van der Waals surface area contributed by atoms with Crippen LogP contribution in [0.25, 0.3) is 17.4 Å². The topological polar surface area (TPSA) is 228 Å². The maximum Gasteiger partial charge on any atom is 0.303 e. The summed E-state index contributed by atoms with van der Waals surface area (Å²) in [6, 6.07) is 11.4. The number of nitrogens with zero attached hydrogens (tertiary/aromatic N) is 2. The average Bonchev–Trinajstić information content (AvgIpc) is 3.27. The third-order valence-corrected chi connectivity index (χ3v) is 11.9.